The third-order valence-corrected chi connectivity index (χ3v) is 5.97. The molecule has 0 atom stereocenters. The molecule has 2 N–H and O–H groups in total. The number of halogens is 4. The first-order valence-electron chi connectivity index (χ1n) is 10.5. The molecule has 35 heavy (non-hydrogen) atoms. The van der Waals surface area contributed by atoms with E-state index in [1.165, 1.54) is 29.7 Å². The molecule has 186 valence electrons. The van der Waals surface area contributed by atoms with Gasteiger partial charge >= 0.3 is 6.18 Å². The van der Waals surface area contributed by atoms with Gasteiger partial charge in [-0.25, -0.2) is 10.4 Å². The molecule has 7 nitrogen and oxygen atoms in total. The van der Waals surface area contributed by atoms with Gasteiger partial charge in [0, 0.05) is 11.1 Å². The SMILES string of the molecule is CCOc1cc(/C=N\NC(=O)Cc2csc(Nc3cccc(C(F)(F)F)c3)n2)cc(I)c1OCC. The van der Waals surface area contributed by atoms with Gasteiger partial charge in [0.05, 0.1) is 40.7 Å². The number of aromatic nitrogens is 1. The molecular weight excluding hydrogens is 596 g/mol. The number of alkyl halides is 3. The van der Waals surface area contributed by atoms with Gasteiger partial charge in [-0.3, -0.25) is 4.79 Å². The van der Waals surface area contributed by atoms with Crippen LogP contribution in [0.1, 0.15) is 30.7 Å². The number of carbonyl (C=O) groups is 1. The highest BCUT2D eigenvalue weighted by Crippen LogP contribution is 2.34. The van der Waals surface area contributed by atoms with E-state index in [1.54, 1.807) is 11.4 Å². The van der Waals surface area contributed by atoms with Crippen LogP contribution in [0.25, 0.3) is 0 Å². The van der Waals surface area contributed by atoms with Crippen molar-refractivity contribution >= 4 is 56.9 Å². The second-order valence-electron chi connectivity index (χ2n) is 7.01. The standard InChI is InChI=1S/C23H22F3IN4O3S/c1-3-33-19-9-14(8-18(27)21(19)34-4-2)12-28-31-20(32)11-17-13-35-22(30-17)29-16-7-5-6-15(10-16)23(24,25)26/h5-10,12-13H,3-4,11H2,1-2H3,(H,29,30)(H,31,32)/b28-12-. The number of hydrogen-bond acceptors (Lipinski definition) is 7. The Morgan fingerprint density at radius 3 is 2.69 bits per heavy atom. The molecule has 0 saturated heterocycles. The number of thiazole rings is 1. The van der Waals surface area contributed by atoms with Crippen molar-refractivity contribution in [3.05, 3.63) is 62.2 Å². The van der Waals surface area contributed by atoms with E-state index >= 15 is 0 Å². The number of nitrogens with one attached hydrogen (secondary N) is 2. The lowest BCUT2D eigenvalue weighted by molar-refractivity contribution is -0.137. The van der Waals surface area contributed by atoms with Gasteiger partial charge in [0.25, 0.3) is 0 Å². The van der Waals surface area contributed by atoms with Crippen molar-refractivity contribution in [2.45, 2.75) is 26.4 Å². The molecule has 0 aliphatic heterocycles. The average molecular weight is 618 g/mol. The predicted molar refractivity (Wildman–Crippen MR) is 138 cm³/mol. The number of hydrogen-bond donors (Lipinski definition) is 2. The third kappa shape index (κ3) is 7.82. The van der Waals surface area contributed by atoms with Crippen LogP contribution in [0.3, 0.4) is 0 Å². The summed E-state index contributed by atoms with van der Waals surface area (Å²) in [6.45, 7) is 4.76. The van der Waals surface area contributed by atoms with Crippen molar-refractivity contribution in [1.29, 1.82) is 0 Å². The fourth-order valence-corrected chi connectivity index (χ4v) is 4.45. The van der Waals surface area contributed by atoms with Gasteiger partial charge in [-0.2, -0.15) is 18.3 Å². The highest BCUT2D eigenvalue weighted by molar-refractivity contribution is 14.1. The summed E-state index contributed by atoms with van der Waals surface area (Å²) in [6.07, 6.45) is -2.97. The van der Waals surface area contributed by atoms with Crippen LogP contribution in [0.15, 0.2) is 46.9 Å². The van der Waals surface area contributed by atoms with E-state index in [4.69, 9.17) is 9.47 Å². The minimum absolute atomic E-state index is 0.0386. The molecule has 0 saturated carbocycles. The molecule has 0 fully saturated rings. The maximum absolute atomic E-state index is 12.9. The molecule has 0 aliphatic carbocycles. The Balaban J connectivity index is 1.58. The zero-order valence-electron chi connectivity index (χ0n) is 18.8. The van der Waals surface area contributed by atoms with Gasteiger partial charge in [-0.15, -0.1) is 11.3 Å². The molecule has 0 bridgehead atoms. The molecule has 1 heterocycles. The Morgan fingerprint density at radius 2 is 1.97 bits per heavy atom. The summed E-state index contributed by atoms with van der Waals surface area (Å²) in [4.78, 5) is 16.5. The zero-order chi connectivity index (χ0) is 25.4. The molecule has 3 rings (SSSR count). The smallest absolute Gasteiger partial charge is 0.416 e. The van der Waals surface area contributed by atoms with Gasteiger partial charge in [0.15, 0.2) is 16.6 Å². The van der Waals surface area contributed by atoms with Gasteiger partial charge in [0.2, 0.25) is 5.91 Å². The Labute approximate surface area is 217 Å². The van der Waals surface area contributed by atoms with Crippen LogP contribution < -0.4 is 20.2 Å². The summed E-state index contributed by atoms with van der Waals surface area (Å²) in [5, 5.41) is 8.86. The summed E-state index contributed by atoms with van der Waals surface area (Å²) in [6, 6.07) is 8.45. The second-order valence-corrected chi connectivity index (χ2v) is 9.03. The molecule has 1 amide bonds. The monoisotopic (exact) mass is 618 g/mol. The summed E-state index contributed by atoms with van der Waals surface area (Å²) in [7, 11) is 0. The molecule has 1 aromatic heterocycles. The fourth-order valence-electron chi connectivity index (χ4n) is 2.93. The Hall–Kier alpha value is -2.87. The van der Waals surface area contributed by atoms with Crippen molar-refractivity contribution in [2.24, 2.45) is 5.10 Å². The van der Waals surface area contributed by atoms with Crippen LogP contribution in [0.4, 0.5) is 24.0 Å². The minimum Gasteiger partial charge on any atom is -0.490 e. The number of ether oxygens (including phenoxy) is 2. The number of anilines is 2. The first-order valence-corrected chi connectivity index (χ1v) is 12.4. The fraction of sp³-hybridized carbons (Fsp3) is 0.261. The minimum atomic E-state index is -4.43. The number of amides is 1. The van der Waals surface area contributed by atoms with E-state index in [0.717, 1.165) is 21.3 Å². The summed E-state index contributed by atoms with van der Waals surface area (Å²) in [5.41, 5.74) is 3.14. The van der Waals surface area contributed by atoms with E-state index in [2.05, 4.69) is 43.4 Å². The van der Waals surface area contributed by atoms with Gasteiger partial charge in [-0.1, -0.05) is 6.07 Å². The highest BCUT2D eigenvalue weighted by Gasteiger charge is 2.30. The van der Waals surface area contributed by atoms with Crippen molar-refractivity contribution in [1.82, 2.24) is 10.4 Å². The number of hydrazone groups is 1. The summed E-state index contributed by atoms with van der Waals surface area (Å²) >= 11 is 3.33. The highest BCUT2D eigenvalue weighted by atomic mass is 127. The lowest BCUT2D eigenvalue weighted by Crippen LogP contribution is -2.20. The van der Waals surface area contributed by atoms with Crippen LogP contribution in [0, 0.1) is 3.57 Å². The maximum Gasteiger partial charge on any atom is 0.416 e. The van der Waals surface area contributed by atoms with Gasteiger partial charge in [0.1, 0.15) is 0 Å². The molecule has 12 heteroatoms. The number of benzene rings is 2. The van der Waals surface area contributed by atoms with Crippen molar-refractivity contribution in [2.75, 3.05) is 18.5 Å². The molecule has 0 aliphatic rings. The van der Waals surface area contributed by atoms with E-state index in [-0.39, 0.29) is 18.0 Å². The van der Waals surface area contributed by atoms with Gasteiger partial charge in [-0.05, 0) is 72.3 Å². The van der Waals surface area contributed by atoms with Crippen LogP contribution in [0.2, 0.25) is 0 Å². The van der Waals surface area contributed by atoms with E-state index in [0.29, 0.717) is 35.5 Å². The van der Waals surface area contributed by atoms with E-state index in [1.807, 2.05) is 19.9 Å². The largest absolute Gasteiger partial charge is 0.490 e. The predicted octanol–water partition coefficient (Wildman–Crippen LogP) is 6.00. The first-order chi connectivity index (χ1) is 16.7. The van der Waals surface area contributed by atoms with Gasteiger partial charge < -0.3 is 14.8 Å². The average Bonchev–Trinajstić information content (AvgIpc) is 3.22. The molecule has 3 aromatic rings. The lowest BCUT2D eigenvalue weighted by Gasteiger charge is -2.13. The molecule has 0 spiro atoms. The Bertz CT molecular complexity index is 1200. The van der Waals surface area contributed by atoms with E-state index in [9.17, 15) is 18.0 Å². The van der Waals surface area contributed by atoms with E-state index < -0.39 is 11.7 Å². The van der Waals surface area contributed by atoms with Crippen molar-refractivity contribution in [3.8, 4) is 11.5 Å². The normalized spacial score (nSPS) is 11.5. The molecule has 0 radical (unpaired) electrons. The Kier molecular flexibility index (Phi) is 9.32. The first kappa shape index (κ1) is 26.7. The summed E-state index contributed by atoms with van der Waals surface area (Å²) in [5.74, 6) is 0.870. The maximum atomic E-state index is 12.9. The summed E-state index contributed by atoms with van der Waals surface area (Å²) < 4.78 is 50.8. The lowest BCUT2D eigenvalue weighted by atomic mass is 10.2. The Morgan fingerprint density at radius 1 is 1.20 bits per heavy atom. The van der Waals surface area contributed by atoms with Crippen LogP contribution >= 0.6 is 33.9 Å². The molecule has 2 aromatic carbocycles. The van der Waals surface area contributed by atoms with Crippen molar-refractivity contribution in [3.63, 3.8) is 0 Å². The zero-order valence-corrected chi connectivity index (χ0v) is 21.8. The number of nitrogens with zero attached hydrogens (tertiary/aromatic N) is 2. The van der Waals surface area contributed by atoms with Crippen LogP contribution in [0.5, 0.6) is 11.5 Å². The van der Waals surface area contributed by atoms with Crippen LogP contribution in [-0.4, -0.2) is 30.3 Å². The number of rotatable bonds is 10. The van der Waals surface area contributed by atoms with Crippen LogP contribution in [-0.2, 0) is 17.4 Å². The molecular formula is C23H22F3IN4O3S. The third-order valence-electron chi connectivity index (χ3n) is 4.36. The number of carbonyl (C=O) groups excluding carboxylic acids is 1. The van der Waals surface area contributed by atoms with Crippen molar-refractivity contribution < 1.29 is 27.4 Å². The topological polar surface area (TPSA) is 84.8 Å². The molecule has 0 unspecified atom stereocenters. The quantitative estimate of drug-likeness (QED) is 0.166. The second kappa shape index (κ2) is 12.2.